The number of nitrogens with one attached hydrogen (secondary N) is 3. The predicted octanol–water partition coefficient (Wildman–Crippen LogP) is 3.08. The standard InChI is InChI=1S/C25H19FN6O5S/c1-38(35,36)31-24(34)21-19(14-3-2-7-28-23(14)33)20-18(10-15(26)13-6-8-37-22(13)20)32(21)11-12-4-5-16-17(9-12)30-25(27)29-16/h2-10H,11H2,1H3,(H,28,33)(H,31,34)(H3,27,29,30). The Bertz CT molecular complexity index is 2090. The smallest absolute Gasteiger partial charge is 0.282 e. The summed E-state index contributed by atoms with van der Waals surface area (Å²) in [5.41, 5.74) is 7.51. The first-order chi connectivity index (χ1) is 18.1. The number of rotatable bonds is 5. The third kappa shape index (κ3) is 3.80. The number of halogens is 1. The van der Waals surface area contributed by atoms with Crippen molar-refractivity contribution in [2.24, 2.45) is 0 Å². The minimum absolute atomic E-state index is 0.00210. The fourth-order valence-electron chi connectivity index (χ4n) is 4.76. The van der Waals surface area contributed by atoms with Gasteiger partial charge >= 0.3 is 0 Å². The molecule has 192 valence electrons. The normalized spacial score (nSPS) is 12.1. The van der Waals surface area contributed by atoms with E-state index in [2.05, 4.69) is 15.0 Å². The minimum atomic E-state index is -4.00. The van der Waals surface area contributed by atoms with E-state index in [1.54, 1.807) is 24.3 Å². The summed E-state index contributed by atoms with van der Waals surface area (Å²) in [7, 11) is -4.00. The van der Waals surface area contributed by atoms with Crippen molar-refractivity contribution in [3.63, 3.8) is 0 Å². The number of nitrogens with two attached hydrogens (primary N) is 1. The third-order valence-electron chi connectivity index (χ3n) is 6.20. The number of amides is 1. The van der Waals surface area contributed by atoms with Crippen molar-refractivity contribution in [2.75, 3.05) is 12.0 Å². The Balaban J connectivity index is 1.73. The van der Waals surface area contributed by atoms with Gasteiger partial charge in [0.1, 0.15) is 17.1 Å². The van der Waals surface area contributed by atoms with Crippen LogP contribution in [0, 0.1) is 5.82 Å². The number of nitrogen functional groups attached to an aromatic ring is 1. The summed E-state index contributed by atoms with van der Waals surface area (Å²) < 4.78 is 48.4. The fourth-order valence-corrected chi connectivity index (χ4v) is 5.19. The summed E-state index contributed by atoms with van der Waals surface area (Å²) in [5.74, 6) is -1.38. The van der Waals surface area contributed by atoms with Crippen molar-refractivity contribution >= 4 is 54.8 Å². The van der Waals surface area contributed by atoms with Crippen LogP contribution in [0.1, 0.15) is 16.1 Å². The van der Waals surface area contributed by atoms with Crippen LogP contribution in [0.15, 0.2) is 64.1 Å². The summed E-state index contributed by atoms with van der Waals surface area (Å²) in [6, 6.07) is 11.0. The highest BCUT2D eigenvalue weighted by atomic mass is 32.2. The van der Waals surface area contributed by atoms with Gasteiger partial charge in [-0.15, -0.1) is 0 Å². The Labute approximate surface area is 213 Å². The van der Waals surface area contributed by atoms with E-state index in [0.717, 1.165) is 6.26 Å². The maximum absolute atomic E-state index is 15.2. The summed E-state index contributed by atoms with van der Waals surface area (Å²) in [5, 5.41) is 0.429. The zero-order valence-corrected chi connectivity index (χ0v) is 20.5. The van der Waals surface area contributed by atoms with E-state index in [1.165, 1.54) is 35.2 Å². The van der Waals surface area contributed by atoms with Crippen LogP contribution in [0.2, 0.25) is 0 Å². The van der Waals surface area contributed by atoms with Crippen LogP contribution in [-0.2, 0) is 16.6 Å². The van der Waals surface area contributed by atoms with Crippen molar-refractivity contribution in [3.8, 4) is 11.1 Å². The van der Waals surface area contributed by atoms with Gasteiger partial charge < -0.3 is 24.7 Å². The van der Waals surface area contributed by atoms with E-state index in [-0.39, 0.29) is 51.2 Å². The number of carbonyl (C=O) groups excluding carboxylic acids is 1. The predicted molar refractivity (Wildman–Crippen MR) is 140 cm³/mol. The van der Waals surface area contributed by atoms with Crippen molar-refractivity contribution < 1.29 is 22.0 Å². The zero-order chi connectivity index (χ0) is 26.8. The monoisotopic (exact) mass is 534 g/mol. The number of carbonyl (C=O) groups is 1. The third-order valence-corrected chi connectivity index (χ3v) is 6.76. The molecule has 4 aromatic heterocycles. The van der Waals surface area contributed by atoms with Crippen molar-refractivity contribution in [2.45, 2.75) is 6.54 Å². The molecular formula is C25H19FN6O5S. The molecule has 6 aromatic rings. The SMILES string of the molecule is CS(=O)(=O)NC(=O)c1c(-c2ccc[nH]c2=O)c2c3occc3c(F)cc2n1Cc1ccc2[nH]c(N)nc2c1. The summed E-state index contributed by atoms with van der Waals surface area (Å²) in [6.45, 7) is 0.00210. The van der Waals surface area contributed by atoms with Crippen molar-refractivity contribution in [3.05, 3.63) is 82.4 Å². The molecule has 0 saturated heterocycles. The van der Waals surface area contributed by atoms with Gasteiger partial charge in [0.15, 0.2) is 5.95 Å². The molecule has 38 heavy (non-hydrogen) atoms. The lowest BCUT2D eigenvalue weighted by molar-refractivity contribution is 0.0974. The van der Waals surface area contributed by atoms with Crippen molar-refractivity contribution in [1.29, 1.82) is 0 Å². The van der Waals surface area contributed by atoms with Crippen LogP contribution in [0.4, 0.5) is 10.3 Å². The van der Waals surface area contributed by atoms with Crippen LogP contribution in [0.3, 0.4) is 0 Å². The molecule has 0 bridgehead atoms. The lowest BCUT2D eigenvalue weighted by atomic mass is 10.0. The summed E-state index contributed by atoms with van der Waals surface area (Å²) >= 11 is 0. The van der Waals surface area contributed by atoms with Gasteiger partial charge in [0.05, 0.1) is 45.4 Å². The van der Waals surface area contributed by atoms with Crippen LogP contribution < -0.4 is 16.0 Å². The number of anilines is 1. The molecular weight excluding hydrogens is 515 g/mol. The molecule has 0 saturated carbocycles. The average molecular weight is 535 g/mol. The zero-order valence-electron chi connectivity index (χ0n) is 19.7. The van der Waals surface area contributed by atoms with Crippen LogP contribution in [0.25, 0.3) is 44.0 Å². The summed E-state index contributed by atoms with van der Waals surface area (Å²) in [4.78, 5) is 36.2. The first-order valence-corrected chi connectivity index (χ1v) is 13.2. The molecule has 5 N–H and O–H groups in total. The Morgan fingerprint density at radius 1 is 1.24 bits per heavy atom. The van der Waals surface area contributed by atoms with E-state index in [0.29, 0.717) is 16.6 Å². The molecule has 0 spiro atoms. The quantitative estimate of drug-likeness (QED) is 0.263. The van der Waals surface area contributed by atoms with Gasteiger partial charge in [-0.2, -0.15) is 0 Å². The molecule has 13 heteroatoms. The second-order valence-electron chi connectivity index (χ2n) is 8.82. The number of fused-ring (bicyclic) bond motifs is 4. The Kier molecular flexibility index (Phi) is 5.14. The number of nitrogens with zero attached hydrogens (tertiary/aromatic N) is 2. The van der Waals surface area contributed by atoms with Gasteiger partial charge in [-0.05, 0) is 42.0 Å². The van der Waals surface area contributed by atoms with Gasteiger partial charge in [0, 0.05) is 18.3 Å². The molecule has 4 heterocycles. The van der Waals surface area contributed by atoms with Gasteiger partial charge in [-0.3, -0.25) is 9.59 Å². The first-order valence-electron chi connectivity index (χ1n) is 11.3. The number of sulfonamides is 1. The molecule has 0 atom stereocenters. The molecule has 0 unspecified atom stereocenters. The molecule has 1 amide bonds. The maximum Gasteiger partial charge on any atom is 0.282 e. The van der Waals surface area contributed by atoms with Gasteiger partial charge in [-0.25, -0.2) is 22.5 Å². The average Bonchev–Trinajstić information content (AvgIpc) is 3.54. The highest BCUT2D eigenvalue weighted by Crippen LogP contribution is 2.40. The molecule has 6 rings (SSSR count). The van der Waals surface area contributed by atoms with E-state index < -0.39 is 27.3 Å². The largest absolute Gasteiger partial charge is 0.463 e. The minimum Gasteiger partial charge on any atom is -0.463 e. The lowest BCUT2D eigenvalue weighted by Gasteiger charge is -2.12. The molecule has 2 aromatic carbocycles. The molecule has 0 fully saturated rings. The number of hydrogen-bond acceptors (Lipinski definition) is 7. The summed E-state index contributed by atoms with van der Waals surface area (Å²) in [6.07, 6.45) is 3.57. The Morgan fingerprint density at radius 2 is 2.05 bits per heavy atom. The van der Waals surface area contributed by atoms with E-state index >= 15 is 4.39 Å². The van der Waals surface area contributed by atoms with Crippen molar-refractivity contribution in [1.82, 2.24) is 24.2 Å². The Morgan fingerprint density at radius 3 is 2.82 bits per heavy atom. The topological polar surface area (TPSA) is 169 Å². The Hall–Kier alpha value is -4.91. The van der Waals surface area contributed by atoms with Gasteiger partial charge in [-0.1, -0.05) is 6.07 Å². The lowest BCUT2D eigenvalue weighted by Crippen LogP contribution is -2.31. The van der Waals surface area contributed by atoms with Crippen LogP contribution in [-0.4, -0.2) is 40.1 Å². The second-order valence-corrected chi connectivity index (χ2v) is 10.6. The number of aromatic nitrogens is 4. The van der Waals surface area contributed by atoms with Crippen LogP contribution >= 0.6 is 0 Å². The number of imidazole rings is 1. The maximum atomic E-state index is 15.2. The van der Waals surface area contributed by atoms with Gasteiger partial charge in [0.2, 0.25) is 10.0 Å². The number of aromatic amines is 2. The van der Waals surface area contributed by atoms with E-state index in [1.807, 2.05) is 4.72 Å². The van der Waals surface area contributed by atoms with Gasteiger partial charge in [0.25, 0.3) is 11.5 Å². The molecule has 11 nitrogen and oxygen atoms in total. The molecule has 0 radical (unpaired) electrons. The number of pyridine rings is 1. The fraction of sp³-hybridized carbons (Fsp3) is 0.0800. The van der Waals surface area contributed by atoms with E-state index in [4.69, 9.17) is 10.2 Å². The highest BCUT2D eigenvalue weighted by molar-refractivity contribution is 7.89. The number of benzene rings is 2. The number of H-pyrrole nitrogens is 2. The molecule has 0 aliphatic carbocycles. The number of furan rings is 1. The van der Waals surface area contributed by atoms with E-state index in [9.17, 15) is 18.0 Å². The van der Waals surface area contributed by atoms with Crippen LogP contribution in [0.5, 0.6) is 0 Å². The highest BCUT2D eigenvalue weighted by Gasteiger charge is 2.30. The molecule has 0 aliphatic heterocycles. The number of hydrogen-bond donors (Lipinski definition) is 4. The molecule has 0 aliphatic rings. The second kappa shape index (κ2) is 8.31. The first kappa shape index (κ1) is 23.5.